The molecule has 26 heavy (non-hydrogen) atoms. The van der Waals surface area contributed by atoms with Crippen molar-refractivity contribution >= 4 is 5.91 Å². The number of fused-ring (bicyclic) bond motifs is 2. The lowest BCUT2D eigenvalue weighted by atomic mass is 9.89. The lowest BCUT2D eigenvalue weighted by Crippen LogP contribution is -2.35. The second-order valence-corrected chi connectivity index (χ2v) is 8.02. The van der Waals surface area contributed by atoms with Gasteiger partial charge in [0.1, 0.15) is 5.82 Å². The molecular formula is C20H27N5O. The number of nitrogens with zero attached hydrogens (tertiary/aromatic N) is 4. The van der Waals surface area contributed by atoms with Crippen LogP contribution >= 0.6 is 0 Å². The number of carbonyl (C=O) groups excluding carboxylic acids is 1. The first kappa shape index (κ1) is 17.2. The van der Waals surface area contributed by atoms with E-state index >= 15 is 0 Å². The normalized spacial score (nSPS) is 22.3. The number of carbonyl (C=O) groups is 1. The average Bonchev–Trinajstić information content (AvgIpc) is 3.16. The highest BCUT2D eigenvalue weighted by atomic mass is 16.2. The van der Waals surface area contributed by atoms with Crippen LogP contribution in [-0.2, 0) is 19.5 Å². The summed E-state index contributed by atoms with van der Waals surface area (Å²) in [4.78, 5) is 14.9. The summed E-state index contributed by atoms with van der Waals surface area (Å²) in [6, 6.07) is 8.72. The van der Waals surface area contributed by atoms with Crippen molar-refractivity contribution in [1.82, 2.24) is 25.0 Å². The molecule has 2 aliphatic heterocycles. The van der Waals surface area contributed by atoms with Crippen LogP contribution in [0.15, 0.2) is 24.3 Å². The number of likely N-dealkylation sites (tertiary alicyclic amines) is 1. The summed E-state index contributed by atoms with van der Waals surface area (Å²) in [6.07, 6.45) is 0.914. The van der Waals surface area contributed by atoms with Gasteiger partial charge in [-0.1, -0.05) is 24.3 Å². The molecule has 6 nitrogen and oxygen atoms in total. The molecule has 6 heteroatoms. The Hall–Kier alpha value is -2.21. The topological polar surface area (TPSA) is 63.1 Å². The Bertz CT molecular complexity index is 812. The van der Waals surface area contributed by atoms with Crippen LogP contribution in [0, 0.1) is 18.8 Å². The molecule has 1 fully saturated rings. The summed E-state index contributed by atoms with van der Waals surface area (Å²) >= 11 is 0. The second kappa shape index (κ2) is 6.83. The number of rotatable bonds is 4. The van der Waals surface area contributed by atoms with Crippen molar-refractivity contribution in [2.45, 2.75) is 46.3 Å². The molecule has 1 N–H and O–H groups in total. The fourth-order valence-electron chi connectivity index (χ4n) is 4.27. The molecule has 138 valence electrons. The van der Waals surface area contributed by atoms with E-state index in [2.05, 4.69) is 51.6 Å². The highest BCUT2D eigenvalue weighted by Gasteiger charge is 2.39. The number of hydrogen-bond acceptors (Lipinski definition) is 4. The summed E-state index contributed by atoms with van der Waals surface area (Å²) in [5.41, 5.74) is 2.76. The van der Waals surface area contributed by atoms with Gasteiger partial charge in [0.05, 0.1) is 0 Å². The monoisotopic (exact) mass is 353 g/mol. The van der Waals surface area contributed by atoms with Crippen LogP contribution in [-0.4, -0.2) is 44.7 Å². The van der Waals surface area contributed by atoms with Gasteiger partial charge in [-0.3, -0.25) is 9.69 Å². The van der Waals surface area contributed by atoms with Crippen LogP contribution in [0.1, 0.15) is 41.4 Å². The molecule has 2 atom stereocenters. The summed E-state index contributed by atoms with van der Waals surface area (Å²) in [7, 11) is 0. The molecule has 0 bridgehead atoms. The lowest BCUT2D eigenvalue weighted by molar-refractivity contribution is 0.0924. The predicted molar refractivity (Wildman–Crippen MR) is 99.8 cm³/mol. The smallest absolute Gasteiger partial charge is 0.289 e. The van der Waals surface area contributed by atoms with Crippen molar-refractivity contribution in [2.75, 3.05) is 13.1 Å². The highest BCUT2D eigenvalue weighted by Crippen LogP contribution is 2.33. The summed E-state index contributed by atoms with van der Waals surface area (Å²) in [5, 5.41) is 11.4. The van der Waals surface area contributed by atoms with Crippen molar-refractivity contribution < 1.29 is 4.79 Å². The van der Waals surface area contributed by atoms with Crippen molar-refractivity contribution in [3.8, 4) is 0 Å². The van der Waals surface area contributed by atoms with Crippen molar-refractivity contribution in [2.24, 2.45) is 11.8 Å². The van der Waals surface area contributed by atoms with Crippen LogP contribution in [0.3, 0.4) is 0 Å². The Labute approximate surface area is 154 Å². The number of aryl methyl sites for hydroxylation is 1. The van der Waals surface area contributed by atoms with Gasteiger partial charge < -0.3 is 9.88 Å². The van der Waals surface area contributed by atoms with Gasteiger partial charge >= 0.3 is 0 Å². The maximum absolute atomic E-state index is 12.4. The molecule has 1 amide bonds. The van der Waals surface area contributed by atoms with E-state index in [1.54, 1.807) is 0 Å². The van der Waals surface area contributed by atoms with Gasteiger partial charge in [-0.2, -0.15) is 0 Å². The lowest BCUT2D eigenvalue weighted by Gasteiger charge is -2.25. The van der Waals surface area contributed by atoms with E-state index < -0.39 is 0 Å². The third kappa shape index (κ3) is 3.26. The third-order valence-electron chi connectivity index (χ3n) is 5.62. The number of amides is 1. The van der Waals surface area contributed by atoms with E-state index in [1.807, 2.05) is 18.4 Å². The zero-order valence-electron chi connectivity index (χ0n) is 15.8. The first-order valence-corrected chi connectivity index (χ1v) is 9.51. The number of hydrogen-bond donors (Lipinski definition) is 1. The molecule has 2 aliphatic rings. The molecule has 3 heterocycles. The van der Waals surface area contributed by atoms with Crippen molar-refractivity contribution in [3.05, 3.63) is 47.0 Å². The molecule has 1 saturated heterocycles. The Morgan fingerprint density at radius 2 is 1.96 bits per heavy atom. The molecule has 0 aliphatic carbocycles. The Morgan fingerprint density at radius 3 is 2.73 bits per heavy atom. The Morgan fingerprint density at radius 1 is 1.19 bits per heavy atom. The molecule has 4 rings (SSSR count). The highest BCUT2D eigenvalue weighted by molar-refractivity contribution is 5.90. The van der Waals surface area contributed by atoms with Crippen LogP contribution in [0.2, 0.25) is 0 Å². The fourth-order valence-corrected chi connectivity index (χ4v) is 4.27. The Kier molecular flexibility index (Phi) is 4.53. The molecule has 1 aromatic carbocycles. The van der Waals surface area contributed by atoms with Gasteiger partial charge in [-0.15, -0.1) is 10.2 Å². The van der Waals surface area contributed by atoms with Crippen molar-refractivity contribution in [3.63, 3.8) is 0 Å². The predicted octanol–water partition coefficient (Wildman–Crippen LogP) is 2.03. The van der Waals surface area contributed by atoms with Crippen LogP contribution in [0.5, 0.6) is 0 Å². The van der Waals surface area contributed by atoms with E-state index in [0.29, 0.717) is 17.7 Å². The van der Waals surface area contributed by atoms with Crippen LogP contribution < -0.4 is 5.32 Å². The van der Waals surface area contributed by atoms with Gasteiger partial charge in [-0.25, -0.2) is 0 Å². The minimum Gasteiger partial charge on any atom is -0.347 e. The van der Waals surface area contributed by atoms with Crippen molar-refractivity contribution in [1.29, 1.82) is 0 Å². The fraction of sp³-hybridized carbons (Fsp3) is 0.550. The van der Waals surface area contributed by atoms with Crippen LogP contribution in [0.25, 0.3) is 0 Å². The molecule has 0 radical (unpaired) electrons. The minimum atomic E-state index is -0.119. The first-order valence-electron chi connectivity index (χ1n) is 9.51. The Balaban J connectivity index is 1.46. The number of benzene rings is 1. The molecule has 2 aromatic rings. The van der Waals surface area contributed by atoms with E-state index in [9.17, 15) is 4.79 Å². The van der Waals surface area contributed by atoms with E-state index in [1.165, 1.54) is 11.1 Å². The van der Waals surface area contributed by atoms with E-state index in [4.69, 9.17) is 0 Å². The number of aromatic nitrogens is 3. The van der Waals surface area contributed by atoms with E-state index in [0.717, 1.165) is 38.4 Å². The van der Waals surface area contributed by atoms with Gasteiger partial charge in [0, 0.05) is 38.6 Å². The maximum Gasteiger partial charge on any atom is 0.289 e. The zero-order valence-corrected chi connectivity index (χ0v) is 15.8. The van der Waals surface area contributed by atoms with Crippen LogP contribution in [0.4, 0.5) is 0 Å². The molecule has 1 aromatic heterocycles. The zero-order chi connectivity index (χ0) is 18.3. The maximum atomic E-state index is 12.4. The quantitative estimate of drug-likeness (QED) is 0.914. The van der Waals surface area contributed by atoms with Gasteiger partial charge in [0.25, 0.3) is 5.91 Å². The summed E-state index contributed by atoms with van der Waals surface area (Å²) in [5.74, 6) is 2.47. The largest absolute Gasteiger partial charge is 0.347 e. The minimum absolute atomic E-state index is 0.0999. The first-order chi connectivity index (χ1) is 12.5. The summed E-state index contributed by atoms with van der Waals surface area (Å²) < 4.78 is 2.04. The second-order valence-electron chi connectivity index (χ2n) is 8.02. The van der Waals surface area contributed by atoms with Gasteiger partial charge in [0.15, 0.2) is 0 Å². The van der Waals surface area contributed by atoms with Gasteiger partial charge in [0.2, 0.25) is 5.82 Å². The third-order valence-corrected chi connectivity index (χ3v) is 5.62. The molecule has 0 unspecified atom stereocenters. The SMILES string of the molecule is Cc1ccccc1CN1C[C@@H]2Cc3nnc(C(=O)NC(C)C)n3C[C@@H]2C1. The summed E-state index contributed by atoms with van der Waals surface area (Å²) in [6.45, 7) is 10.1. The molecular weight excluding hydrogens is 326 g/mol. The molecule has 0 spiro atoms. The number of nitrogens with one attached hydrogen (secondary N) is 1. The standard InChI is InChI=1S/C20H27N5O/c1-13(2)21-20(26)19-23-22-18-8-16-10-24(11-17(16)12-25(18)19)9-15-7-5-4-6-14(15)3/h4-7,13,16-17H,8-12H2,1-3H3,(H,21,26)/t16-,17-/m0/s1. The van der Waals surface area contributed by atoms with E-state index in [-0.39, 0.29) is 11.9 Å². The van der Waals surface area contributed by atoms with Gasteiger partial charge in [-0.05, 0) is 43.7 Å². The average molecular weight is 353 g/mol. The molecule has 0 saturated carbocycles.